The average Bonchev–Trinajstić information content (AvgIpc) is 3.26. The average molecular weight is 493 g/mol. The molecule has 0 saturated carbocycles. The zero-order valence-electron chi connectivity index (χ0n) is 19.3. The number of hydrogen-bond donors (Lipinski definition) is 1. The zero-order valence-corrected chi connectivity index (χ0v) is 20.1. The molecule has 4 rings (SSSR count). The van der Waals surface area contributed by atoms with Crippen LogP contribution in [0.1, 0.15) is 51.1 Å². The molecule has 3 amide bonds. The summed E-state index contributed by atoms with van der Waals surface area (Å²) in [5.74, 6) is -1.26. The highest BCUT2D eigenvalue weighted by Gasteiger charge is 2.27. The van der Waals surface area contributed by atoms with Crippen LogP contribution in [0.5, 0.6) is 0 Å². The first-order chi connectivity index (χ1) is 16.9. The minimum absolute atomic E-state index is 0.129. The monoisotopic (exact) mass is 492 g/mol. The maximum absolute atomic E-state index is 13.6. The Bertz CT molecular complexity index is 1260. The Morgan fingerprint density at radius 2 is 1.80 bits per heavy atom. The molecule has 0 spiro atoms. The first-order valence-electron chi connectivity index (χ1n) is 11.1. The molecule has 10 heteroatoms. The Hall–Kier alpha value is -4.05. The molecule has 0 unspecified atom stereocenters. The van der Waals surface area contributed by atoms with Crippen molar-refractivity contribution in [3.05, 3.63) is 76.3 Å². The molecule has 1 aromatic heterocycles. The summed E-state index contributed by atoms with van der Waals surface area (Å²) in [5.41, 5.74) is 4.75. The van der Waals surface area contributed by atoms with E-state index in [0.29, 0.717) is 27.0 Å². The molecule has 0 radical (unpaired) electrons. The van der Waals surface area contributed by atoms with Crippen LogP contribution in [0, 0.1) is 6.92 Å². The highest BCUT2D eigenvalue weighted by Crippen LogP contribution is 2.30. The van der Waals surface area contributed by atoms with Crippen LogP contribution in [0.4, 0.5) is 10.8 Å². The summed E-state index contributed by atoms with van der Waals surface area (Å²) >= 11 is 1.10. The Morgan fingerprint density at radius 1 is 1.09 bits per heavy atom. The van der Waals surface area contributed by atoms with Crippen LogP contribution in [0.3, 0.4) is 0 Å². The largest absolute Gasteiger partial charge is 0.462 e. The number of hydrogen-bond acceptors (Lipinski definition) is 7. The number of nitrogens with zero attached hydrogens (tertiary/aromatic N) is 3. The van der Waals surface area contributed by atoms with Gasteiger partial charge in [0, 0.05) is 18.4 Å². The van der Waals surface area contributed by atoms with Gasteiger partial charge in [0.1, 0.15) is 4.88 Å². The second kappa shape index (κ2) is 10.5. The molecule has 0 aliphatic carbocycles. The highest BCUT2D eigenvalue weighted by molar-refractivity contribution is 7.17. The van der Waals surface area contributed by atoms with Crippen molar-refractivity contribution < 1.29 is 23.9 Å². The van der Waals surface area contributed by atoms with Crippen LogP contribution < -0.4 is 15.3 Å². The number of nitrogens with one attached hydrogen (secondary N) is 1. The first kappa shape index (κ1) is 24.1. The summed E-state index contributed by atoms with van der Waals surface area (Å²) in [6, 6.07) is 15.9. The molecule has 0 bridgehead atoms. The van der Waals surface area contributed by atoms with Crippen molar-refractivity contribution in [2.24, 2.45) is 0 Å². The van der Waals surface area contributed by atoms with E-state index in [-0.39, 0.29) is 43.7 Å². The lowest BCUT2D eigenvalue weighted by Crippen LogP contribution is -2.50. The third-order valence-corrected chi connectivity index (χ3v) is 6.49. The van der Waals surface area contributed by atoms with Gasteiger partial charge in [-0.15, -0.1) is 0 Å². The van der Waals surface area contributed by atoms with Crippen LogP contribution in [-0.4, -0.2) is 35.3 Å². The molecule has 9 nitrogen and oxygen atoms in total. The highest BCUT2D eigenvalue weighted by atomic mass is 32.1. The molecule has 1 aliphatic heterocycles. The number of benzene rings is 2. The second-order valence-corrected chi connectivity index (χ2v) is 8.80. The quantitative estimate of drug-likeness (QED) is 0.505. The smallest absolute Gasteiger partial charge is 0.350 e. The number of anilines is 2. The Kier molecular flexibility index (Phi) is 7.21. The number of ether oxygens (including phenoxy) is 1. The van der Waals surface area contributed by atoms with Crippen LogP contribution in [0.15, 0.2) is 54.6 Å². The molecule has 0 atom stereocenters. The molecule has 35 heavy (non-hydrogen) atoms. The van der Waals surface area contributed by atoms with Gasteiger partial charge in [-0.1, -0.05) is 41.7 Å². The third kappa shape index (κ3) is 5.38. The Balaban J connectivity index is 1.64. The van der Waals surface area contributed by atoms with Gasteiger partial charge in [-0.2, -0.15) is 0 Å². The van der Waals surface area contributed by atoms with Gasteiger partial charge >= 0.3 is 5.97 Å². The fourth-order valence-corrected chi connectivity index (χ4v) is 4.53. The van der Waals surface area contributed by atoms with Crippen molar-refractivity contribution in [3.8, 4) is 0 Å². The summed E-state index contributed by atoms with van der Waals surface area (Å²) in [6.45, 7) is 3.92. The minimum Gasteiger partial charge on any atom is -0.462 e. The normalized spacial score (nSPS) is 13.4. The van der Waals surface area contributed by atoms with Crippen molar-refractivity contribution in [1.82, 2.24) is 10.4 Å². The molecule has 3 aromatic rings. The van der Waals surface area contributed by atoms with Crippen molar-refractivity contribution in [1.29, 1.82) is 0 Å². The predicted molar refractivity (Wildman–Crippen MR) is 131 cm³/mol. The van der Waals surface area contributed by atoms with Crippen molar-refractivity contribution in [2.75, 3.05) is 16.5 Å². The van der Waals surface area contributed by atoms with Gasteiger partial charge in [0.2, 0.25) is 11.8 Å². The number of rotatable bonds is 7. The summed E-state index contributed by atoms with van der Waals surface area (Å²) in [5, 5.41) is 1.57. The topological polar surface area (TPSA) is 109 Å². The standard InChI is InChI=1S/C25H24N4O5S/c1-3-34-24(33)22-16(2)26-25(35-22)28(15-17-7-5-4-6-8-17)23(32)18-9-11-19(12-10-18)29-21(31)14-13-20(30)27-29/h4-12H,3,13-15H2,1-2H3,(H,27,30). The lowest BCUT2D eigenvalue weighted by Gasteiger charge is -2.27. The summed E-state index contributed by atoms with van der Waals surface area (Å²) in [6.07, 6.45) is 0.283. The summed E-state index contributed by atoms with van der Waals surface area (Å²) in [4.78, 5) is 56.2. The SMILES string of the molecule is CCOC(=O)c1sc(N(Cc2ccccc2)C(=O)c2ccc(N3NC(=O)CCC3=O)cc2)nc1C. The van der Waals surface area contributed by atoms with E-state index >= 15 is 0 Å². The molecular formula is C25H24N4O5S. The van der Waals surface area contributed by atoms with Gasteiger partial charge in [-0.25, -0.2) is 14.8 Å². The Morgan fingerprint density at radius 3 is 2.49 bits per heavy atom. The molecule has 2 heterocycles. The maximum Gasteiger partial charge on any atom is 0.350 e. The van der Waals surface area contributed by atoms with Gasteiger partial charge < -0.3 is 4.74 Å². The van der Waals surface area contributed by atoms with Gasteiger partial charge in [0.25, 0.3) is 5.91 Å². The summed E-state index contributed by atoms with van der Waals surface area (Å²) in [7, 11) is 0. The molecule has 1 saturated heterocycles. The number of carbonyl (C=O) groups is 4. The fourth-order valence-electron chi connectivity index (χ4n) is 3.57. The summed E-state index contributed by atoms with van der Waals surface area (Å²) < 4.78 is 5.12. The number of esters is 1. The molecule has 1 aliphatic rings. The first-order valence-corrected chi connectivity index (χ1v) is 11.9. The number of thiazole rings is 1. The van der Waals surface area contributed by atoms with Crippen LogP contribution in [-0.2, 0) is 20.9 Å². The molecule has 2 aromatic carbocycles. The maximum atomic E-state index is 13.6. The van der Waals surface area contributed by atoms with Crippen molar-refractivity contribution in [3.63, 3.8) is 0 Å². The third-order valence-electron chi connectivity index (χ3n) is 5.33. The number of hydrazine groups is 1. The lowest BCUT2D eigenvalue weighted by atomic mass is 10.1. The number of aromatic nitrogens is 1. The van der Waals surface area contributed by atoms with E-state index in [2.05, 4.69) is 10.4 Å². The van der Waals surface area contributed by atoms with E-state index < -0.39 is 5.97 Å². The number of carbonyl (C=O) groups excluding carboxylic acids is 4. The second-order valence-electron chi connectivity index (χ2n) is 7.82. The van der Waals surface area contributed by atoms with Crippen molar-refractivity contribution in [2.45, 2.75) is 33.2 Å². The fraction of sp³-hybridized carbons (Fsp3) is 0.240. The minimum atomic E-state index is -0.474. The van der Waals surface area contributed by atoms with Crippen LogP contribution in [0.2, 0.25) is 0 Å². The molecule has 180 valence electrons. The van der Waals surface area contributed by atoms with E-state index in [1.807, 2.05) is 30.3 Å². The molecule has 1 N–H and O–H groups in total. The van der Waals surface area contributed by atoms with Crippen molar-refractivity contribution >= 4 is 45.8 Å². The van der Waals surface area contributed by atoms with Gasteiger partial charge in [0.15, 0.2) is 5.13 Å². The predicted octanol–water partition coefficient (Wildman–Crippen LogP) is 3.63. The van der Waals surface area contributed by atoms with E-state index in [9.17, 15) is 19.2 Å². The van der Waals surface area contributed by atoms with E-state index in [0.717, 1.165) is 16.9 Å². The van der Waals surface area contributed by atoms with Crippen LogP contribution in [0.25, 0.3) is 0 Å². The van der Waals surface area contributed by atoms with E-state index in [1.165, 1.54) is 9.91 Å². The van der Waals surface area contributed by atoms with Crippen LogP contribution >= 0.6 is 11.3 Å². The Labute approximate surface area is 206 Å². The number of amides is 3. The van der Waals surface area contributed by atoms with E-state index in [1.54, 1.807) is 38.1 Å². The molecule has 1 fully saturated rings. The van der Waals surface area contributed by atoms with Gasteiger partial charge in [-0.3, -0.25) is 24.7 Å². The van der Waals surface area contributed by atoms with E-state index in [4.69, 9.17) is 4.74 Å². The van der Waals surface area contributed by atoms with Gasteiger partial charge in [-0.05, 0) is 43.7 Å². The lowest BCUT2D eigenvalue weighted by molar-refractivity contribution is -0.130. The molecular weight excluding hydrogens is 468 g/mol. The van der Waals surface area contributed by atoms with Gasteiger partial charge in [0.05, 0.1) is 24.5 Å². The zero-order chi connectivity index (χ0) is 24.9. The number of aryl methyl sites for hydroxylation is 1.